The molecule has 2 aromatic rings. The molecule has 2 rings (SSSR count). The second-order valence-corrected chi connectivity index (χ2v) is 11.0. The standard InChI is InChI=1S/C26H33NO7S2/c1-20(2)10-6-5-9-17-32-24(28)19-35-25(26(29)33-18-22-11-7-4-8-12-22)27-34-36(30,31)23-15-13-21(3)14-16-23/h4,7-8,11-16,20H,5-6,9-10,17-19H2,1-3H3/b27-25-. The molecule has 0 bridgehead atoms. The fourth-order valence-electron chi connectivity index (χ4n) is 2.92. The van der Waals surface area contributed by atoms with Crippen molar-refractivity contribution >= 4 is 38.9 Å². The van der Waals surface area contributed by atoms with E-state index < -0.39 is 27.1 Å². The van der Waals surface area contributed by atoms with Crippen molar-refractivity contribution < 1.29 is 31.8 Å². The van der Waals surface area contributed by atoms with Gasteiger partial charge in [-0.25, -0.2) is 4.79 Å². The number of thioether (sulfide) groups is 1. The molecule has 0 atom stereocenters. The number of nitrogens with zero attached hydrogens (tertiary/aromatic N) is 1. The Kier molecular flexibility index (Phi) is 12.5. The molecule has 0 spiro atoms. The molecule has 0 unspecified atom stereocenters. The summed E-state index contributed by atoms with van der Waals surface area (Å²) in [6.45, 7) is 6.37. The van der Waals surface area contributed by atoms with Crippen molar-refractivity contribution in [1.29, 1.82) is 0 Å². The summed E-state index contributed by atoms with van der Waals surface area (Å²) in [5.41, 5.74) is 1.61. The summed E-state index contributed by atoms with van der Waals surface area (Å²) < 4.78 is 40.1. The Hall–Kier alpha value is -2.85. The number of unbranched alkanes of at least 4 members (excludes halogenated alkanes) is 2. The lowest BCUT2D eigenvalue weighted by atomic mass is 10.1. The molecule has 196 valence electrons. The van der Waals surface area contributed by atoms with E-state index in [0.29, 0.717) is 17.7 Å². The monoisotopic (exact) mass is 535 g/mol. The lowest BCUT2D eigenvalue weighted by Gasteiger charge is -2.09. The quantitative estimate of drug-likeness (QED) is 0.112. The molecule has 0 aliphatic carbocycles. The highest BCUT2D eigenvalue weighted by Gasteiger charge is 2.22. The van der Waals surface area contributed by atoms with Crippen LogP contribution in [-0.4, -0.2) is 37.8 Å². The molecule has 0 saturated heterocycles. The fourth-order valence-corrected chi connectivity index (χ4v) is 4.30. The van der Waals surface area contributed by atoms with Crippen molar-refractivity contribution in [1.82, 2.24) is 0 Å². The third kappa shape index (κ3) is 11.3. The summed E-state index contributed by atoms with van der Waals surface area (Å²) >= 11 is 0.695. The first-order valence-electron chi connectivity index (χ1n) is 11.7. The topological polar surface area (TPSA) is 108 Å². The Labute approximate surface area is 217 Å². The van der Waals surface area contributed by atoms with E-state index in [1.807, 2.05) is 13.0 Å². The smallest absolute Gasteiger partial charge is 0.367 e. The third-order valence-electron chi connectivity index (χ3n) is 4.93. The number of rotatable bonds is 13. The van der Waals surface area contributed by atoms with Gasteiger partial charge in [0.15, 0.2) is 0 Å². The van der Waals surface area contributed by atoms with Gasteiger partial charge >= 0.3 is 22.1 Å². The van der Waals surface area contributed by atoms with Crippen LogP contribution in [0.3, 0.4) is 0 Å². The molecule has 2 aromatic carbocycles. The maximum absolute atomic E-state index is 12.6. The Morgan fingerprint density at radius 3 is 2.31 bits per heavy atom. The van der Waals surface area contributed by atoms with Crippen LogP contribution >= 0.6 is 11.8 Å². The molecular weight excluding hydrogens is 502 g/mol. The third-order valence-corrected chi connectivity index (χ3v) is 6.95. The van der Waals surface area contributed by atoms with Crippen LogP contribution in [0.15, 0.2) is 64.6 Å². The van der Waals surface area contributed by atoms with Crippen LogP contribution in [0.5, 0.6) is 0 Å². The van der Waals surface area contributed by atoms with Crippen LogP contribution in [0.1, 0.15) is 50.7 Å². The number of ether oxygens (including phenoxy) is 2. The van der Waals surface area contributed by atoms with Gasteiger partial charge in [-0.05, 0) is 37.0 Å². The van der Waals surface area contributed by atoms with Crippen molar-refractivity contribution in [2.24, 2.45) is 11.1 Å². The first kappa shape index (κ1) is 29.4. The summed E-state index contributed by atoms with van der Waals surface area (Å²) in [5.74, 6) is -1.07. The normalized spacial score (nSPS) is 11.8. The van der Waals surface area contributed by atoms with Crippen LogP contribution in [-0.2, 0) is 40.1 Å². The van der Waals surface area contributed by atoms with E-state index >= 15 is 0 Å². The first-order valence-corrected chi connectivity index (χ1v) is 14.1. The number of hydrogen-bond acceptors (Lipinski definition) is 9. The molecule has 0 aliphatic rings. The van der Waals surface area contributed by atoms with Crippen LogP contribution in [0.25, 0.3) is 0 Å². The maximum atomic E-state index is 12.6. The summed E-state index contributed by atoms with van der Waals surface area (Å²) in [5, 5.41) is 3.12. The second-order valence-electron chi connectivity index (χ2n) is 8.55. The molecule has 0 saturated carbocycles. The highest BCUT2D eigenvalue weighted by atomic mass is 32.2. The zero-order valence-electron chi connectivity index (χ0n) is 20.8. The molecule has 0 fully saturated rings. The molecule has 10 heteroatoms. The number of aryl methyl sites for hydroxylation is 1. The van der Waals surface area contributed by atoms with E-state index in [1.165, 1.54) is 12.1 Å². The molecular formula is C26H33NO7S2. The summed E-state index contributed by atoms with van der Waals surface area (Å²) in [6, 6.07) is 14.9. The number of carbonyl (C=O) groups is 2. The van der Waals surface area contributed by atoms with E-state index in [0.717, 1.165) is 36.8 Å². The number of carbonyl (C=O) groups excluding carboxylic acids is 2. The molecule has 0 aromatic heterocycles. The molecule has 0 N–H and O–H groups in total. The average Bonchev–Trinajstić information content (AvgIpc) is 2.85. The highest BCUT2D eigenvalue weighted by Crippen LogP contribution is 2.16. The number of benzene rings is 2. The first-order chi connectivity index (χ1) is 17.2. The van der Waals surface area contributed by atoms with Gasteiger partial charge in [0.25, 0.3) is 0 Å². The molecule has 0 radical (unpaired) electrons. The van der Waals surface area contributed by atoms with Gasteiger partial charge < -0.3 is 9.47 Å². The number of esters is 2. The van der Waals surface area contributed by atoms with Gasteiger partial charge in [0, 0.05) is 0 Å². The molecule has 0 aliphatic heterocycles. The van der Waals surface area contributed by atoms with Gasteiger partial charge in [-0.3, -0.25) is 9.08 Å². The number of oxime groups is 1. The van der Waals surface area contributed by atoms with Crippen molar-refractivity contribution in [2.75, 3.05) is 12.4 Å². The predicted molar refractivity (Wildman–Crippen MR) is 140 cm³/mol. The van der Waals surface area contributed by atoms with E-state index in [1.54, 1.807) is 36.4 Å². The second kappa shape index (κ2) is 15.3. The minimum absolute atomic E-state index is 0.0508. The largest absolute Gasteiger partial charge is 0.465 e. The Morgan fingerprint density at radius 2 is 1.64 bits per heavy atom. The van der Waals surface area contributed by atoms with Crippen molar-refractivity contribution in [3.8, 4) is 0 Å². The molecule has 0 heterocycles. The SMILES string of the molecule is Cc1ccc(S(=O)(=O)O/N=C(\SCC(=O)OCCCCCC(C)C)C(=O)OCc2ccccc2)cc1. The van der Waals surface area contributed by atoms with Gasteiger partial charge in [0.2, 0.25) is 5.04 Å². The summed E-state index contributed by atoms with van der Waals surface area (Å²) in [4.78, 5) is 24.6. The highest BCUT2D eigenvalue weighted by molar-refractivity contribution is 8.16. The van der Waals surface area contributed by atoms with Crippen molar-refractivity contribution in [3.05, 3.63) is 65.7 Å². The molecule has 36 heavy (non-hydrogen) atoms. The molecule has 0 amide bonds. The zero-order chi connectivity index (χ0) is 26.4. The zero-order valence-corrected chi connectivity index (χ0v) is 22.5. The lowest BCUT2D eigenvalue weighted by molar-refractivity contribution is -0.140. The minimum atomic E-state index is -4.27. The summed E-state index contributed by atoms with van der Waals surface area (Å²) in [7, 11) is -4.27. The molecule has 8 nitrogen and oxygen atoms in total. The van der Waals surface area contributed by atoms with E-state index in [9.17, 15) is 18.0 Å². The van der Waals surface area contributed by atoms with Gasteiger partial charge in [-0.15, -0.1) is 0 Å². The van der Waals surface area contributed by atoms with E-state index in [4.69, 9.17) is 13.8 Å². The van der Waals surface area contributed by atoms with Gasteiger partial charge in [-0.1, -0.05) is 98.1 Å². The van der Waals surface area contributed by atoms with Gasteiger partial charge in [-0.2, -0.15) is 8.42 Å². The van der Waals surface area contributed by atoms with E-state index in [-0.39, 0.29) is 23.9 Å². The van der Waals surface area contributed by atoms with Gasteiger partial charge in [0.05, 0.1) is 12.4 Å². The van der Waals surface area contributed by atoms with Crippen molar-refractivity contribution in [2.45, 2.75) is 58.0 Å². The average molecular weight is 536 g/mol. The predicted octanol–water partition coefficient (Wildman–Crippen LogP) is 5.25. The Balaban J connectivity index is 1.98. The summed E-state index contributed by atoms with van der Waals surface area (Å²) in [6.07, 6.45) is 3.91. The van der Waals surface area contributed by atoms with Crippen LogP contribution < -0.4 is 0 Å². The van der Waals surface area contributed by atoms with Crippen LogP contribution in [0, 0.1) is 12.8 Å². The van der Waals surface area contributed by atoms with Crippen LogP contribution in [0.2, 0.25) is 0 Å². The lowest BCUT2D eigenvalue weighted by Crippen LogP contribution is -2.19. The van der Waals surface area contributed by atoms with Gasteiger partial charge in [0.1, 0.15) is 11.5 Å². The number of hydrogen-bond donors (Lipinski definition) is 0. The Bertz CT molecular complexity index is 1100. The van der Waals surface area contributed by atoms with Crippen LogP contribution in [0.4, 0.5) is 0 Å². The minimum Gasteiger partial charge on any atom is -0.465 e. The Morgan fingerprint density at radius 1 is 0.944 bits per heavy atom. The fraction of sp³-hybridized carbons (Fsp3) is 0.423. The van der Waals surface area contributed by atoms with E-state index in [2.05, 4.69) is 19.0 Å². The van der Waals surface area contributed by atoms with Crippen molar-refractivity contribution in [3.63, 3.8) is 0 Å². The maximum Gasteiger partial charge on any atom is 0.367 e.